The normalized spacial score (nSPS) is 12.8. The zero-order valence-corrected chi connectivity index (χ0v) is 12.0. The van der Waals surface area contributed by atoms with Gasteiger partial charge >= 0.3 is 0 Å². The number of hydrogen-bond donors (Lipinski definition) is 3. The number of rotatable bonds is 8. The molecule has 0 radical (unpaired) electrons. The van der Waals surface area contributed by atoms with Crippen molar-refractivity contribution in [1.29, 1.82) is 5.26 Å². The van der Waals surface area contributed by atoms with Crippen LogP contribution in [0.1, 0.15) is 25.8 Å². The molecule has 0 aliphatic carbocycles. The van der Waals surface area contributed by atoms with Crippen molar-refractivity contribution in [1.82, 2.24) is 5.32 Å². The maximum Gasteiger partial charge on any atom is 0.137 e. The molecule has 0 aliphatic heterocycles. The van der Waals surface area contributed by atoms with E-state index in [0.717, 1.165) is 0 Å². The van der Waals surface area contributed by atoms with Crippen LogP contribution in [-0.4, -0.2) is 41.6 Å². The highest BCUT2D eigenvalue weighted by molar-refractivity contribution is 5.42. The second kappa shape index (κ2) is 7.85. The van der Waals surface area contributed by atoms with Crippen LogP contribution in [0.4, 0.5) is 0 Å². The monoisotopic (exact) mass is 278 g/mol. The van der Waals surface area contributed by atoms with Gasteiger partial charge in [-0.2, -0.15) is 5.26 Å². The third-order valence-electron chi connectivity index (χ3n) is 2.99. The minimum atomic E-state index is -0.681. The highest BCUT2D eigenvalue weighted by Gasteiger charge is 2.18. The van der Waals surface area contributed by atoms with Crippen molar-refractivity contribution in [2.24, 2.45) is 0 Å². The zero-order chi connectivity index (χ0) is 15.0. The molecule has 20 heavy (non-hydrogen) atoms. The third kappa shape index (κ3) is 5.57. The molecule has 0 aliphatic rings. The number of ether oxygens (including phenoxy) is 1. The molecule has 0 bridgehead atoms. The Morgan fingerprint density at radius 3 is 2.75 bits per heavy atom. The first kappa shape index (κ1) is 16.4. The van der Waals surface area contributed by atoms with E-state index in [-0.39, 0.29) is 18.8 Å². The summed E-state index contributed by atoms with van der Waals surface area (Å²) >= 11 is 0. The van der Waals surface area contributed by atoms with Crippen molar-refractivity contribution in [2.45, 2.75) is 31.9 Å². The average molecular weight is 278 g/mol. The van der Waals surface area contributed by atoms with Crippen molar-refractivity contribution in [3.05, 3.63) is 29.8 Å². The van der Waals surface area contributed by atoms with Gasteiger partial charge in [0.05, 0.1) is 5.56 Å². The maximum atomic E-state index is 9.87. The van der Waals surface area contributed by atoms with Gasteiger partial charge in [-0.25, -0.2) is 0 Å². The second-order valence-electron chi connectivity index (χ2n) is 5.31. The summed E-state index contributed by atoms with van der Waals surface area (Å²) in [6, 6.07) is 8.96. The number of nitrogens with zero attached hydrogens (tertiary/aromatic N) is 1. The Labute approximate surface area is 119 Å². The molecule has 1 unspecified atom stereocenters. The van der Waals surface area contributed by atoms with Gasteiger partial charge in [-0.1, -0.05) is 12.1 Å². The summed E-state index contributed by atoms with van der Waals surface area (Å²) in [4.78, 5) is 0. The highest BCUT2D eigenvalue weighted by Crippen LogP contribution is 2.16. The van der Waals surface area contributed by atoms with E-state index in [1.807, 2.05) is 19.9 Å². The fourth-order valence-corrected chi connectivity index (χ4v) is 1.69. The van der Waals surface area contributed by atoms with Gasteiger partial charge in [0.25, 0.3) is 0 Å². The van der Waals surface area contributed by atoms with E-state index >= 15 is 0 Å². The Hall–Kier alpha value is -1.61. The topological polar surface area (TPSA) is 85.5 Å². The molecule has 5 heteroatoms. The largest absolute Gasteiger partial charge is 0.489 e. The quantitative estimate of drug-likeness (QED) is 0.662. The number of aliphatic hydroxyl groups is 2. The van der Waals surface area contributed by atoms with Crippen LogP contribution in [0.2, 0.25) is 0 Å². The molecule has 0 saturated carbocycles. The maximum absolute atomic E-state index is 9.87. The van der Waals surface area contributed by atoms with Crippen molar-refractivity contribution < 1.29 is 14.9 Å². The molecule has 0 fully saturated rings. The molecule has 0 aromatic heterocycles. The second-order valence-corrected chi connectivity index (χ2v) is 5.31. The smallest absolute Gasteiger partial charge is 0.137 e. The molecular formula is C15H22N2O3. The molecule has 5 nitrogen and oxygen atoms in total. The summed E-state index contributed by atoms with van der Waals surface area (Å²) in [7, 11) is 0. The van der Waals surface area contributed by atoms with E-state index in [1.54, 1.807) is 24.3 Å². The van der Waals surface area contributed by atoms with Crippen LogP contribution < -0.4 is 10.1 Å². The first-order valence-corrected chi connectivity index (χ1v) is 6.64. The molecule has 3 N–H and O–H groups in total. The Morgan fingerprint density at radius 2 is 2.10 bits per heavy atom. The lowest BCUT2D eigenvalue weighted by Gasteiger charge is -2.27. The molecule has 1 rings (SSSR count). The Kier molecular flexibility index (Phi) is 6.46. The lowest BCUT2D eigenvalue weighted by Crippen LogP contribution is -2.45. The predicted molar refractivity (Wildman–Crippen MR) is 76.4 cm³/mol. The van der Waals surface area contributed by atoms with Crippen molar-refractivity contribution in [3.8, 4) is 11.8 Å². The number of hydrogen-bond acceptors (Lipinski definition) is 5. The minimum Gasteiger partial charge on any atom is -0.489 e. The molecule has 1 atom stereocenters. The van der Waals surface area contributed by atoms with E-state index < -0.39 is 6.10 Å². The Bertz CT molecular complexity index is 455. The van der Waals surface area contributed by atoms with Crippen LogP contribution in [-0.2, 0) is 0 Å². The van der Waals surface area contributed by atoms with Gasteiger partial charge in [0.1, 0.15) is 24.5 Å². The summed E-state index contributed by atoms with van der Waals surface area (Å²) in [5, 5.41) is 30.9. The molecular weight excluding hydrogens is 256 g/mol. The highest BCUT2D eigenvalue weighted by atomic mass is 16.5. The van der Waals surface area contributed by atoms with Gasteiger partial charge in [0.2, 0.25) is 0 Å². The number of β-amino-alcohol motifs (C(OH)–C–C–N with tert-alkyl or cyclic N) is 1. The zero-order valence-electron chi connectivity index (χ0n) is 12.0. The van der Waals surface area contributed by atoms with E-state index in [4.69, 9.17) is 15.1 Å². The summed E-state index contributed by atoms with van der Waals surface area (Å²) in [6.45, 7) is 4.49. The van der Waals surface area contributed by atoms with Gasteiger partial charge < -0.3 is 20.3 Å². The summed E-state index contributed by atoms with van der Waals surface area (Å²) in [5.74, 6) is 0.476. The molecule has 1 aromatic rings. The summed E-state index contributed by atoms with van der Waals surface area (Å²) < 4.78 is 5.45. The van der Waals surface area contributed by atoms with Gasteiger partial charge in [-0.05, 0) is 32.4 Å². The first-order chi connectivity index (χ1) is 9.48. The van der Waals surface area contributed by atoms with Crippen LogP contribution in [0.5, 0.6) is 5.75 Å². The molecule has 0 saturated heterocycles. The lowest BCUT2D eigenvalue weighted by atomic mass is 10.0. The van der Waals surface area contributed by atoms with Crippen LogP contribution >= 0.6 is 0 Å². The standard InChI is InChI=1S/C15H22N2O3/c1-15(2,7-8-18)17-10-13(19)11-20-14-6-4-3-5-12(14)9-16/h3-6,13,17-19H,7-8,10-11H2,1-2H3. The fourth-order valence-electron chi connectivity index (χ4n) is 1.69. The summed E-state index contributed by atoms with van der Waals surface area (Å²) in [6.07, 6.45) is -0.0718. The average Bonchev–Trinajstić information content (AvgIpc) is 2.43. The first-order valence-electron chi connectivity index (χ1n) is 6.64. The summed E-state index contributed by atoms with van der Waals surface area (Å²) in [5.41, 5.74) is 0.216. The number of para-hydroxylation sites is 1. The van der Waals surface area contributed by atoms with Crippen molar-refractivity contribution in [2.75, 3.05) is 19.8 Å². The van der Waals surface area contributed by atoms with E-state index in [9.17, 15) is 5.11 Å². The van der Waals surface area contributed by atoms with Gasteiger partial charge in [0.15, 0.2) is 0 Å². The van der Waals surface area contributed by atoms with Crippen LogP contribution in [0.3, 0.4) is 0 Å². The van der Waals surface area contributed by atoms with Gasteiger partial charge in [-0.15, -0.1) is 0 Å². The molecule has 0 heterocycles. The van der Waals surface area contributed by atoms with Crippen molar-refractivity contribution >= 4 is 0 Å². The molecule has 110 valence electrons. The lowest BCUT2D eigenvalue weighted by molar-refractivity contribution is 0.0958. The Morgan fingerprint density at radius 1 is 1.40 bits per heavy atom. The Balaban J connectivity index is 2.40. The van der Waals surface area contributed by atoms with Gasteiger partial charge in [0, 0.05) is 18.7 Å². The van der Waals surface area contributed by atoms with Gasteiger partial charge in [-0.3, -0.25) is 0 Å². The predicted octanol–water partition coefficient (Wildman–Crippen LogP) is 1.05. The van der Waals surface area contributed by atoms with Crippen LogP contribution in [0, 0.1) is 11.3 Å². The van der Waals surface area contributed by atoms with Crippen molar-refractivity contribution in [3.63, 3.8) is 0 Å². The van der Waals surface area contributed by atoms with Crippen LogP contribution in [0.25, 0.3) is 0 Å². The molecule has 0 amide bonds. The van der Waals surface area contributed by atoms with E-state index in [2.05, 4.69) is 5.32 Å². The van der Waals surface area contributed by atoms with Crippen LogP contribution in [0.15, 0.2) is 24.3 Å². The number of benzene rings is 1. The SMILES string of the molecule is CC(C)(CCO)NCC(O)COc1ccccc1C#N. The van der Waals surface area contributed by atoms with E-state index in [1.165, 1.54) is 0 Å². The molecule has 0 spiro atoms. The third-order valence-corrected chi connectivity index (χ3v) is 2.99. The number of nitriles is 1. The molecule has 1 aromatic carbocycles. The van der Waals surface area contributed by atoms with E-state index in [0.29, 0.717) is 24.3 Å². The minimum absolute atomic E-state index is 0.0993. The number of nitrogens with one attached hydrogen (secondary N) is 1. The fraction of sp³-hybridized carbons (Fsp3) is 0.533. The number of aliphatic hydroxyl groups excluding tert-OH is 2.